The van der Waals surface area contributed by atoms with Gasteiger partial charge in [0.15, 0.2) is 0 Å². The Morgan fingerprint density at radius 1 is 1.60 bits per heavy atom. The van der Waals surface area contributed by atoms with Crippen molar-refractivity contribution < 1.29 is 9.90 Å². The molecule has 0 aromatic heterocycles. The number of aliphatic hydroxyl groups is 1. The molecule has 0 fully saturated rings. The van der Waals surface area contributed by atoms with Crippen LogP contribution in [0.3, 0.4) is 0 Å². The van der Waals surface area contributed by atoms with Crippen LogP contribution in [0.1, 0.15) is 33.1 Å². The average Bonchev–Trinajstić information content (AvgIpc) is 2.61. The molecule has 0 aromatic carbocycles. The molecule has 1 atom stereocenters. The van der Waals surface area contributed by atoms with Crippen LogP contribution in [0.25, 0.3) is 10.4 Å². The summed E-state index contributed by atoms with van der Waals surface area (Å²) in [6, 6.07) is 0. The number of carbonyl (C=O) groups is 1. The third-order valence-corrected chi connectivity index (χ3v) is 4.30. The summed E-state index contributed by atoms with van der Waals surface area (Å²) >= 11 is 1.13. The van der Waals surface area contributed by atoms with Crippen molar-refractivity contribution in [2.24, 2.45) is 5.11 Å². The number of carbonyl (C=O) groups excluding carboxylic acids is 1. The lowest BCUT2D eigenvalue weighted by atomic mass is 9.99. The summed E-state index contributed by atoms with van der Waals surface area (Å²) in [6.45, 7) is 7.80. The predicted molar refractivity (Wildman–Crippen MR) is 82.5 cm³/mol. The number of hydrogen-bond acceptors (Lipinski definition) is 4. The molecule has 5 nitrogen and oxygen atoms in total. The highest BCUT2D eigenvalue weighted by molar-refractivity contribution is 8.16. The predicted octanol–water partition coefficient (Wildman–Crippen LogP) is 4.44. The Bertz CT molecular complexity index is 519. The van der Waals surface area contributed by atoms with E-state index >= 15 is 0 Å². The molecule has 0 bridgehead atoms. The second-order valence-electron chi connectivity index (χ2n) is 4.83. The van der Waals surface area contributed by atoms with Crippen molar-refractivity contribution >= 4 is 16.9 Å². The summed E-state index contributed by atoms with van der Waals surface area (Å²) in [6.07, 6.45) is 5.48. The van der Waals surface area contributed by atoms with Gasteiger partial charge in [0.1, 0.15) is 5.76 Å². The summed E-state index contributed by atoms with van der Waals surface area (Å²) in [5.41, 5.74) is 9.57. The molecule has 108 valence electrons. The maximum atomic E-state index is 12.0. The standard InChI is InChI=1S/C14H19N3O2S/c1-4-10(2)9-14(3)12(18)11(13(19)20-14)7-5-6-8-16-17-15/h4,9,18H,1,5-8H2,2-3H3/b10-9+/t14-/m1/s1. The van der Waals surface area contributed by atoms with Crippen molar-refractivity contribution in [1.29, 1.82) is 0 Å². The van der Waals surface area contributed by atoms with Gasteiger partial charge in [-0.2, -0.15) is 0 Å². The number of hydrogen-bond donors (Lipinski definition) is 1. The number of aliphatic hydroxyl groups excluding tert-OH is 1. The van der Waals surface area contributed by atoms with Crippen LogP contribution in [0.4, 0.5) is 0 Å². The minimum Gasteiger partial charge on any atom is -0.510 e. The van der Waals surface area contributed by atoms with E-state index in [1.54, 1.807) is 6.08 Å². The Hall–Kier alpha value is -1.65. The molecule has 0 unspecified atom stereocenters. The van der Waals surface area contributed by atoms with Crippen molar-refractivity contribution in [2.75, 3.05) is 6.54 Å². The maximum absolute atomic E-state index is 12.0. The molecule has 0 aliphatic carbocycles. The van der Waals surface area contributed by atoms with Gasteiger partial charge in [-0.25, -0.2) is 0 Å². The van der Waals surface area contributed by atoms with Gasteiger partial charge in [-0.1, -0.05) is 41.2 Å². The maximum Gasteiger partial charge on any atom is 0.220 e. The van der Waals surface area contributed by atoms with Crippen molar-refractivity contribution in [3.8, 4) is 0 Å². The van der Waals surface area contributed by atoms with Gasteiger partial charge in [-0.3, -0.25) is 4.79 Å². The van der Waals surface area contributed by atoms with Gasteiger partial charge in [0, 0.05) is 17.0 Å². The van der Waals surface area contributed by atoms with Crippen LogP contribution in [0.2, 0.25) is 0 Å². The first kappa shape index (κ1) is 16.4. The molecule has 0 saturated carbocycles. The number of thioether (sulfide) groups is 1. The van der Waals surface area contributed by atoms with Crippen LogP contribution in [0.15, 0.2) is 40.8 Å². The zero-order valence-electron chi connectivity index (χ0n) is 11.8. The van der Waals surface area contributed by atoms with Crippen molar-refractivity contribution in [3.05, 3.63) is 46.1 Å². The Balaban J connectivity index is 2.78. The van der Waals surface area contributed by atoms with Gasteiger partial charge >= 0.3 is 0 Å². The lowest BCUT2D eigenvalue weighted by Gasteiger charge is -2.18. The monoisotopic (exact) mass is 293 g/mol. The SMILES string of the molecule is C=C/C(C)=C/[C@@]1(C)SC(=O)C(CCCCN=[N+]=[N-])=C1O. The third kappa shape index (κ3) is 3.92. The Morgan fingerprint density at radius 2 is 2.30 bits per heavy atom. The number of unbranched alkanes of at least 4 members (excludes halogenated alkanes) is 1. The number of rotatable bonds is 7. The number of nitrogens with zero attached hydrogens (tertiary/aromatic N) is 3. The van der Waals surface area contributed by atoms with E-state index in [4.69, 9.17) is 5.53 Å². The van der Waals surface area contributed by atoms with E-state index in [1.807, 2.05) is 19.9 Å². The van der Waals surface area contributed by atoms with E-state index in [1.165, 1.54) is 0 Å². The molecule has 0 aromatic rings. The van der Waals surface area contributed by atoms with E-state index < -0.39 is 4.75 Å². The van der Waals surface area contributed by atoms with E-state index in [0.29, 0.717) is 31.4 Å². The van der Waals surface area contributed by atoms with E-state index in [2.05, 4.69) is 16.6 Å². The molecule has 1 N–H and O–H groups in total. The van der Waals surface area contributed by atoms with Gasteiger partial charge in [0.05, 0.1) is 4.75 Å². The fraction of sp³-hybridized carbons (Fsp3) is 0.500. The van der Waals surface area contributed by atoms with Gasteiger partial charge in [-0.05, 0) is 38.6 Å². The molecule has 1 rings (SSSR count). The van der Waals surface area contributed by atoms with Gasteiger partial charge < -0.3 is 5.11 Å². The number of allylic oxidation sites excluding steroid dienone is 2. The summed E-state index contributed by atoms with van der Waals surface area (Å²) in [4.78, 5) is 14.7. The first-order valence-corrected chi connectivity index (χ1v) is 7.25. The van der Waals surface area contributed by atoms with Crippen LogP contribution < -0.4 is 0 Å². The normalized spacial score (nSPS) is 22.9. The summed E-state index contributed by atoms with van der Waals surface area (Å²) in [5, 5.41) is 13.7. The quantitative estimate of drug-likeness (QED) is 0.247. The molecule has 1 aliphatic heterocycles. The first-order chi connectivity index (χ1) is 9.44. The van der Waals surface area contributed by atoms with E-state index in [-0.39, 0.29) is 10.9 Å². The third-order valence-electron chi connectivity index (χ3n) is 3.13. The second-order valence-corrected chi connectivity index (χ2v) is 6.25. The molecule has 20 heavy (non-hydrogen) atoms. The average molecular weight is 293 g/mol. The van der Waals surface area contributed by atoms with Gasteiger partial charge in [0.2, 0.25) is 5.12 Å². The van der Waals surface area contributed by atoms with Crippen LogP contribution in [0, 0.1) is 0 Å². The highest BCUT2D eigenvalue weighted by atomic mass is 32.2. The summed E-state index contributed by atoms with van der Waals surface area (Å²) in [5.74, 6) is 0.137. The lowest BCUT2D eigenvalue weighted by Crippen LogP contribution is -2.17. The molecular weight excluding hydrogens is 274 g/mol. The zero-order chi connectivity index (χ0) is 15.2. The van der Waals surface area contributed by atoms with Gasteiger partial charge in [0.25, 0.3) is 0 Å². The summed E-state index contributed by atoms with van der Waals surface area (Å²) in [7, 11) is 0. The fourth-order valence-corrected chi connectivity index (χ4v) is 3.21. The smallest absolute Gasteiger partial charge is 0.220 e. The zero-order valence-corrected chi connectivity index (χ0v) is 12.6. The number of azide groups is 1. The largest absolute Gasteiger partial charge is 0.510 e. The first-order valence-electron chi connectivity index (χ1n) is 6.43. The van der Waals surface area contributed by atoms with Crippen LogP contribution in [-0.4, -0.2) is 21.5 Å². The Labute approximate surface area is 123 Å². The minimum absolute atomic E-state index is 0.0816. The van der Waals surface area contributed by atoms with Crippen LogP contribution in [-0.2, 0) is 4.79 Å². The molecule has 1 heterocycles. The van der Waals surface area contributed by atoms with E-state index in [9.17, 15) is 9.90 Å². The lowest BCUT2D eigenvalue weighted by molar-refractivity contribution is -0.108. The topological polar surface area (TPSA) is 86.1 Å². The molecular formula is C14H19N3O2S. The van der Waals surface area contributed by atoms with Crippen LogP contribution >= 0.6 is 11.8 Å². The molecule has 0 spiro atoms. The minimum atomic E-state index is -0.699. The Morgan fingerprint density at radius 3 is 2.90 bits per heavy atom. The van der Waals surface area contributed by atoms with Crippen molar-refractivity contribution in [2.45, 2.75) is 37.9 Å². The molecule has 6 heteroatoms. The van der Waals surface area contributed by atoms with Gasteiger partial charge in [-0.15, -0.1) is 0 Å². The molecule has 0 radical (unpaired) electrons. The highest BCUT2D eigenvalue weighted by Crippen LogP contribution is 2.45. The second kappa shape index (κ2) is 7.22. The Kier molecular flexibility index (Phi) is 5.92. The fourth-order valence-electron chi connectivity index (χ4n) is 2.04. The van der Waals surface area contributed by atoms with Crippen molar-refractivity contribution in [1.82, 2.24) is 0 Å². The molecule has 0 amide bonds. The van der Waals surface area contributed by atoms with E-state index in [0.717, 1.165) is 17.3 Å². The van der Waals surface area contributed by atoms with Crippen molar-refractivity contribution in [3.63, 3.8) is 0 Å². The highest BCUT2D eigenvalue weighted by Gasteiger charge is 2.41. The molecule has 0 saturated heterocycles. The summed E-state index contributed by atoms with van der Waals surface area (Å²) < 4.78 is -0.699. The van der Waals surface area contributed by atoms with Crippen LogP contribution in [0.5, 0.6) is 0 Å². The molecule has 1 aliphatic rings.